The van der Waals surface area contributed by atoms with E-state index in [2.05, 4.69) is 10.2 Å². The smallest absolute Gasteiger partial charge is 0.301 e. The Morgan fingerprint density at radius 1 is 0.864 bits per heavy atom. The number of hydrogen-bond acceptors (Lipinski definition) is 9. The molecule has 1 aliphatic heterocycles. The molecular weight excluding hydrogens is 595 g/mol. The van der Waals surface area contributed by atoms with Crippen LogP contribution in [0.15, 0.2) is 119 Å². The average molecular weight is 622 g/mol. The lowest BCUT2D eigenvalue weighted by molar-refractivity contribution is -0.132. The fourth-order valence-electron chi connectivity index (χ4n) is 4.84. The van der Waals surface area contributed by atoms with Gasteiger partial charge in [-0.25, -0.2) is 0 Å². The van der Waals surface area contributed by atoms with E-state index in [1.54, 1.807) is 49.6 Å². The van der Waals surface area contributed by atoms with Gasteiger partial charge in [-0.3, -0.25) is 14.5 Å². The summed E-state index contributed by atoms with van der Waals surface area (Å²) >= 11 is 2.72. The SMILES string of the molecule is COc1ccc(/C(O)=C2\C(=O)C(=O)N(c3nnc(SCc4ccccc4)s3)C2c2cccc(OCc3ccccc3)c2)cc1. The molecule has 44 heavy (non-hydrogen) atoms. The van der Waals surface area contributed by atoms with E-state index >= 15 is 0 Å². The summed E-state index contributed by atoms with van der Waals surface area (Å²) < 4.78 is 12.0. The first-order chi connectivity index (χ1) is 21.5. The third-order valence-electron chi connectivity index (χ3n) is 7.04. The molecule has 0 aliphatic carbocycles. The summed E-state index contributed by atoms with van der Waals surface area (Å²) in [5.41, 5.74) is 3.04. The Morgan fingerprint density at radius 3 is 2.27 bits per heavy atom. The molecule has 10 heteroatoms. The Hall–Kier alpha value is -4.93. The molecule has 0 radical (unpaired) electrons. The highest BCUT2D eigenvalue weighted by atomic mass is 32.2. The summed E-state index contributed by atoms with van der Waals surface area (Å²) in [4.78, 5) is 28.6. The number of amides is 1. The number of ether oxygens (including phenoxy) is 2. The largest absolute Gasteiger partial charge is 0.507 e. The van der Waals surface area contributed by atoms with Crippen molar-refractivity contribution in [1.82, 2.24) is 10.2 Å². The second-order valence-electron chi connectivity index (χ2n) is 9.87. The van der Waals surface area contributed by atoms with Crippen molar-refractivity contribution >= 4 is 45.7 Å². The van der Waals surface area contributed by atoms with Gasteiger partial charge in [0.15, 0.2) is 4.34 Å². The standard InChI is InChI=1S/C34H27N3O5S2/c1-41-26-17-15-24(16-18-26)30(38)28-29(25-13-8-14-27(19-25)42-20-22-9-4-2-5-10-22)37(32(40)31(28)39)33-35-36-34(44-33)43-21-23-11-6-3-7-12-23/h2-19,29,38H,20-21H2,1H3/b30-28+. The molecule has 1 fully saturated rings. The second-order valence-corrected chi connectivity index (χ2v) is 12.0. The van der Waals surface area contributed by atoms with Crippen LogP contribution in [0.3, 0.4) is 0 Å². The van der Waals surface area contributed by atoms with Crippen molar-refractivity contribution in [3.05, 3.63) is 137 Å². The van der Waals surface area contributed by atoms with Gasteiger partial charge in [-0.1, -0.05) is 95.9 Å². The third-order valence-corrected chi connectivity index (χ3v) is 9.16. The lowest BCUT2D eigenvalue weighted by Gasteiger charge is -2.23. The molecule has 1 aliphatic rings. The van der Waals surface area contributed by atoms with Crippen molar-refractivity contribution in [3.8, 4) is 11.5 Å². The normalized spacial score (nSPS) is 15.8. The third kappa shape index (κ3) is 6.22. The number of aromatic nitrogens is 2. The van der Waals surface area contributed by atoms with Crippen molar-refractivity contribution in [1.29, 1.82) is 0 Å². The molecule has 0 spiro atoms. The van der Waals surface area contributed by atoms with E-state index in [-0.39, 0.29) is 16.5 Å². The fourth-order valence-corrected chi connectivity index (χ4v) is 6.67. The number of nitrogens with zero attached hydrogens (tertiary/aromatic N) is 3. The number of thioether (sulfide) groups is 1. The molecule has 6 rings (SSSR count). The Bertz CT molecular complexity index is 1810. The van der Waals surface area contributed by atoms with Crippen LogP contribution >= 0.6 is 23.1 Å². The van der Waals surface area contributed by atoms with Crippen LogP contribution in [-0.4, -0.2) is 34.1 Å². The first kappa shape index (κ1) is 29.2. The molecule has 8 nitrogen and oxygen atoms in total. The average Bonchev–Trinajstić information content (AvgIpc) is 3.65. The number of ketones is 1. The summed E-state index contributed by atoms with van der Waals surface area (Å²) in [6.45, 7) is 0.342. The first-order valence-electron chi connectivity index (χ1n) is 13.7. The maximum absolute atomic E-state index is 13.6. The highest BCUT2D eigenvalue weighted by Crippen LogP contribution is 2.44. The van der Waals surface area contributed by atoms with Crippen LogP contribution in [-0.2, 0) is 21.9 Å². The number of benzene rings is 4. The molecule has 2 heterocycles. The van der Waals surface area contributed by atoms with Crippen LogP contribution in [0, 0.1) is 0 Å². The van der Waals surface area contributed by atoms with E-state index in [0.29, 0.717) is 39.3 Å². The zero-order valence-electron chi connectivity index (χ0n) is 23.6. The number of carbonyl (C=O) groups excluding carboxylic acids is 2. The molecule has 0 saturated carbocycles. The van der Waals surface area contributed by atoms with Gasteiger partial charge in [0.05, 0.1) is 18.7 Å². The molecule has 1 saturated heterocycles. The van der Waals surface area contributed by atoms with Crippen LogP contribution < -0.4 is 14.4 Å². The summed E-state index contributed by atoms with van der Waals surface area (Å²) in [5.74, 6) is -0.0778. The van der Waals surface area contributed by atoms with Gasteiger partial charge in [0.1, 0.15) is 23.9 Å². The predicted octanol–water partition coefficient (Wildman–Crippen LogP) is 7.04. The molecule has 220 valence electrons. The van der Waals surface area contributed by atoms with Crippen molar-refractivity contribution < 1.29 is 24.2 Å². The van der Waals surface area contributed by atoms with Gasteiger partial charge in [0.25, 0.3) is 5.78 Å². The van der Waals surface area contributed by atoms with E-state index in [4.69, 9.17) is 9.47 Å². The van der Waals surface area contributed by atoms with Gasteiger partial charge in [-0.15, -0.1) is 10.2 Å². The van der Waals surface area contributed by atoms with Gasteiger partial charge in [0.2, 0.25) is 5.13 Å². The molecule has 1 unspecified atom stereocenters. The minimum atomic E-state index is -0.961. The lowest BCUT2D eigenvalue weighted by Crippen LogP contribution is -2.29. The van der Waals surface area contributed by atoms with E-state index in [1.165, 1.54) is 28.0 Å². The van der Waals surface area contributed by atoms with Crippen LogP contribution in [0.5, 0.6) is 11.5 Å². The minimum Gasteiger partial charge on any atom is -0.507 e. The molecule has 0 bridgehead atoms. The Kier molecular flexibility index (Phi) is 8.71. The fraction of sp³-hybridized carbons (Fsp3) is 0.118. The number of Topliss-reactive ketones (excluding diaryl/α,β-unsaturated/α-hetero) is 1. The molecule has 1 atom stereocenters. The van der Waals surface area contributed by atoms with Gasteiger partial charge >= 0.3 is 5.91 Å². The summed E-state index contributed by atoms with van der Waals surface area (Å²) in [6, 6.07) is 32.6. The molecule has 1 amide bonds. The maximum Gasteiger partial charge on any atom is 0.301 e. The van der Waals surface area contributed by atoms with Gasteiger partial charge in [0, 0.05) is 11.3 Å². The minimum absolute atomic E-state index is 0.0472. The number of aliphatic hydroxyl groups is 1. The Labute approximate surface area is 262 Å². The second kappa shape index (κ2) is 13.2. The number of rotatable bonds is 10. The highest BCUT2D eigenvalue weighted by Gasteiger charge is 2.48. The number of anilines is 1. The van der Waals surface area contributed by atoms with Crippen LogP contribution in [0.2, 0.25) is 0 Å². The molecular formula is C34H27N3O5S2. The van der Waals surface area contributed by atoms with Crippen LogP contribution in [0.4, 0.5) is 5.13 Å². The monoisotopic (exact) mass is 621 g/mol. The first-order valence-corrected chi connectivity index (χ1v) is 15.5. The van der Waals surface area contributed by atoms with Crippen molar-refractivity contribution in [2.45, 2.75) is 22.7 Å². The van der Waals surface area contributed by atoms with Crippen molar-refractivity contribution in [3.63, 3.8) is 0 Å². The zero-order valence-corrected chi connectivity index (χ0v) is 25.3. The summed E-state index contributed by atoms with van der Waals surface area (Å²) in [5, 5.41) is 20.3. The van der Waals surface area contributed by atoms with Crippen molar-refractivity contribution in [2.24, 2.45) is 0 Å². The lowest BCUT2D eigenvalue weighted by atomic mass is 9.95. The maximum atomic E-state index is 13.6. The molecule has 4 aromatic carbocycles. The van der Waals surface area contributed by atoms with E-state index in [0.717, 1.165) is 11.1 Å². The van der Waals surface area contributed by atoms with Gasteiger partial charge in [-0.2, -0.15) is 0 Å². The van der Waals surface area contributed by atoms with E-state index < -0.39 is 17.7 Å². The van der Waals surface area contributed by atoms with E-state index in [9.17, 15) is 14.7 Å². The van der Waals surface area contributed by atoms with Gasteiger partial charge in [-0.05, 0) is 53.1 Å². The van der Waals surface area contributed by atoms with Crippen LogP contribution in [0.1, 0.15) is 28.3 Å². The Balaban J connectivity index is 1.37. The summed E-state index contributed by atoms with van der Waals surface area (Å²) in [6.07, 6.45) is 0. The highest BCUT2D eigenvalue weighted by molar-refractivity contribution is 8.00. The number of methoxy groups -OCH3 is 1. The molecule has 1 N–H and O–H groups in total. The Morgan fingerprint density at radius 2 is 1.57 bits per heavy atom. The topological polar surface area (TPSA) is 102 Å². The van der Waals surface area contributed by atoms with E-state index in [1.807, 2.05) is 66.7 Å². The predicted molar refractivity (Wildman–Crippen MR) is 171 cm³/mol. The van der Waals surface area contributed by atoms with Gasteiger partial charge < -0.3 is 14.6 Å². The summed E-state index contributed by atoms with van der Waals surface area (Å²) in [7, 11) is 1.54. The quantitative estimate of drug-likeness (QED) is 0.0582. The number of aliphatic hydroxyl groups excluding tert-OH is 1. The number of carbonyl (C=O) groups is 2. The molecule has 1 aromatic heterocycles. The number of hydrogen-bond donors (Lipinski definition) is 1. The van der Waals surface area contributed by atoms with Crippen LogP contribution in [0.25, 0.3) is 5.76 Å². The molecule has 5 aromatic rings. The zero-order chi connectivity index (χ0) is 30.5. The van der Waals surface area contributed by atoms with Crippen molar-refractivity contribution in [2.75, 3.05) is 12.0 Å².